The monoisotopic (exact) mass is 273 g/mol. The topological polar surface area (TPSA) is 23.5 Å². The van der Waals surface area contributed by atoms with Gasteiger partial charge in [0.05, 0.1) is 11.8 Å². The summed E-state index contributed by atoms with van der Waals surface area (Å²) in [5.41, 5.74) is 2.22. The highest BCUT2D eigenvalue weighted by Crippen LogP contribution is 2.33. The third-order valence-corrected chi connectivity index (χ3v) is 3.43. The maximum atomic E-state index is 14.0. The van der Waals surface area contributed by atoms with Crippen molar-refractivity contribution >= 4 is 11.4 Å². The molecule has 1 atom stereocenters. The van der Waals surface area contributed by atoms with Gasteiger partial charge in [-0.25, -0.2) is 4.39 Å². The Labute approximate surface area is 119 Å². The molecular weight excluding hydrogens is 253 g/mol. The van der Waals surface area contributed by atoms with Crippen LogP contribution in [0.25, 0.3) is 0 Å². The number of nitrogens with zero attached hydrogens (tertiary/aromatic N) is 1. The molecule has 0 spiro atoms. The smallest absolute Gasteiger partial charge is 0.146 e. The Hall–Kier alpha value is -1.87. The number of anilines is 2. The number of aliphatic hydroxyl groups is 1. The molecule has 0 aromatic heterocycles. The number of para-hydroxylation sites is 2. The SMILES string of the molecule is CC[C@H](O)c1ccccc1N(CC)c1ccccc1F. The van der Waals surface area contributed by atoms with Crippen LogP contribution >= 0.6 is 0 Å². The average Bonchev–Trinajstić information content (AvgIpc) is 2.49. The van der Waals surface area contributed by atoms with Crippen molar-refractivity contribution in [3.8, 4) is 0 Å². The van der Waals surface area contributed by atoms with Crippen molar-refractivity contribution in [3.63, 3.8) is 0 Å². The third kappa shape index (κ3) is 2.83. The summed E-state index contributed by atoms with van der Waals surface area (Å²) < 4.78 is 14.0. The molecule has 0 amide bonds. The van der Waals surface area contributed by atoms with Gasteiger partial charge in [0.25, 0.3) is 0 Å². The molecule has 2 aromatic carbocycles. The van der Waals surface area contributed by atoms with Gasteiger partial charge in [-0.2, -0.15) is 0 Å². The first-order valence-electron chi connectivity index (χ1n) is 6.98. The van der Waals surface area contributed by atoms with Gasteiger partial charge in [0.15, 0.2) is 0 Å². The number of aliphatic hydroxyl groups excluding tert-OH is 1. The van der Waals surface area contributed by atoms with Crippen LogP contribution in [0, 0.1) is 5.82 Å². The van der Waals surface area contributed by atoms with E-state index in [-0.39, 0.29) is 5.82 Å². The summed E-state index contributed by atoms with van der Waals surface area (Å²) in [6.45, 7) is 4.54. The molecule has 20 heavy (non-hydrogen) atoms. The van der Waals surface area contributed by atoms with Crippen molar-refractivity contribution in [2.24, 2.45) is 0 Å². The van der Waals surface area contributed by atoms with E-state index in [1.165, 1.54) is 6.07 Å². The predicted molar refractivity (Wildman–Crippen MR) is 80.8 cm³/mol. The number of rotatable bonds is 5. The summed E-state index contributed by atoms with van der Waals surface area (Å²) in [7, 11) is 0. The highest BCUT2D eigenvalue weighted by Gasteiger charge is 2.17. The van der Waals surface area contributed by atoms with E-state index in [1.807, 2.05) is 49.1 Å². The number of hydrogen-bond donors (Lipinski definition) is 1. The molecule has 0 aliphatic carbocycles. The maximum Gasteiger partial charge on any atom is 0.146 e. The second kappa shape index (κ2) is 6.53. The fraction of sp³-hybridized carbons (Fsp3) is 0.294. The molecule has 0 saturated heterocycles. The second-order valence-electron chi connectivity index (χ2n) is 4.68. The predicted octanol–water partition coefficient (Wildman–Crippen LogP) is 4.43. The lowest BCUT2D eigenvalue weighted by molar-refractivity contribution is 0.174. The average molecular weight is 273 g/mol. The third-order valence-electron chi connectivity index (χ3n) is 3.43. The minimum absolute atomic E-state index is 0.254. The van der Waals surface area contributed by atoms with Gasteiger partial charge in [-0.05, 0) is 31.5 Å². The molecular formula is C17H20FNO. The van der Waals surface area contributed by atoms with Crippen LogP contribution in [-0.2, 0) is 0 Å². The van der Waals surface area contributed by atoms with Gasteiger partial charge >= 0.3 is 0 Å². The summed E-state index contributed by atoms with van der Waals surface area (Å²) in [5.74, 6) is -0.254. The summed E-state index contributed by atoms with van der Waals surface area (Å²) in [6, 6.07) is 14.3. The van der Waals surface area contributed by atoms with E-state index in [1.54, 1.807) is 12.1 Å². The van der Waals surface area contributed by atoms with Crippen molar-refractivity contribution in [3.05, 3.63) is 59.9 Å². The van der Waals surface area contributed by atoms with Crippen molar-refractivity contribution in [1.29, 1.82) is 0 Å². The van der Waals surface area contributed by atoms with Crippen LogP contribution in [0.1, 0.15) is 31.9 Å². The number of benzene rings is 2. The molecule has 0 heterocycles. The minimum Gasteiger partial charge on any atom is -0.388 e. The molecule has 1 N–H and O–H groups in total. The Morgan fingerprint density at radius 3 is 2.20 bits per heavy atom. The molecule has 0 bridgehead atoms. The summed E-state index contributed by atoms with van der Waals surface area (Å²) in [5, 5.41) is 10.2. The van der Waals surface area contributed by atoms with Crippen molar-refractivity contribution in [1.82, 2.24) is 0 Å². The van der Waals surface area contributed by atoms with E-state index in [2.05, 4.69) is 0 Å². The Kier molecular flexibility index (Phi) is 4.74. The van der Waals surface area contributed by atoms with Crippen LogP contribution in [0.15, 0.2) is 48.5 Å². The summed E-state index contributed by atoms with van der Waals surface area (Å²) in [4.78, 5) is 1.89. The van der Waals surface area contributed by atoms with E-state index in [9.17, 15) is 9.50 Å². The molecule has 0 saturated carbocycles. The number of halogens is 1. The van der Waals surface area contributed by atoms with Gasteiger partial charge in [0, 0.05) is 17.8 Å². The summed E-state index contributed by atoms with van der Waals surface area (Å²) >= 11 is 0. The first-order valence-corrected chi connectivity index (χ1v) is 6.98. The van der Waals surface area contributed by atoms with Crippen LogP contribution in [0.3, 0.4) is 0 Å². The molecule has 0 fully saturated rings. The fourth-order valence-corrected chi connectivity index (χ4v) is 2.38. The van der Waals surface area contributed by atoms with Crippen LogP contribution in [0.4, 0.5) is 15.8 Å². The first kappa shape index (κ1) is 14.5. The molecule has 0 unspecified atom stereocenters. The van der Waals surface area contributed by atoms with E-state index in [0.717, 1.165) is 11.3 Å². The molecule has 0 radical (unpaired) electrons. The standard InChI is InChI=1S/C17H20FNO/c1-3-17(20)13-9-5-7-11-15(13)19(4-2)16-12-8-6-10-14(16)18/h5-12,17,20H,3-4H2,1-2H3/t17-/m0/s1. The van der Waals surface area contributed by atoms with E-state index < -0.39 is 6.10 Å². The Bertz CT molecular complexity index is 570. The van der Waals surface area contributed by atoms with Crippen LogP contribution < -0.4 is 4.90 Å². The largest absolute Gasteiger partial charge is 0.388 e. The van der Waals surface area contributed by atoms with Gasteiger partial charge in [0.2, 0.25) is 0 Å². The molecule has 2 nitrogen and oxygen atoms in total. The van der Waals surface area contributed by atoms with Gasteiger partial charge < -0.3 is 10.0 Å². The zero-order chi connectivity index (χ0) is 14.5. The van der Waals surface area contributed by atoms with E-state index >= 15 is 0 Å². The quantitative estimate of drug-likeness (QED) is 0.871. The zero-order valence-corrected chi connectivity index (χ0v) is 11.9. The highest BCUT2D eigenvalue weighted by atomic mass is 19.1. The summed E-state index contributed by atoms with van der Waals surface area (Å²) in [6.07, 6.45) is 0.0956. The lowest BCUT2D eigenvalue weighted by Crippen LogP contribution is -2.19. The lowest BCUT2D eigenvalue weighted by atomic mass is 10.0. The number of hydrogen-bond acceptors (Lipinski definition) is 2. The lowest BCUT2D eigenvalue weighted by Gasteiger charge is -2.27. The Morgan fingerprint density at radius 2 is 1.60 bits per heavy atom. The van der Waals surface area contributed by atoms with E-state index in [4.69, 9.17) is 0 Å². The first-order chi connectivity index (χ1) is 9.69. The van der Waals surface area contributed by atoms with Crippen LogP contribution in [0.5, 0.6) is 0 Å². The van der Waals surface area contributed by atoms with Crippen molar-refractivity contribution in [2.45, 2.75) is 26.4 Å². The Balaban J connectivity index is 2.50. The van der Waals surface area contributed by atoms with Gasteiger partial charge in [-0.1, -0.05) is 37.3 Å². The maximum absolute atomic E-state index is 14.0. The molecule has 3 heteroatoms. The van der Waals surface area contributed by atoms with Crippen molar-refractivity contribution < 1.29 is 9.50 Å². The molecule has 0 aliphatic heterocycles. The Morgan fingerprint density at radius 1 is 1.00 bits per heavy atom. The second-order valence-corrected chi connectivity index (χ2v) is 4.68. The molecule has 2 rings (SSSR count). The van der Waals surface area contributed by atoms with Crippen LogP contribution in [-0.4, -0.2) is 11.7 Å². The zero-order valence-electron chi connectivity index (χ0n) is 11.9. The van der Waals surface area contributed by atoms with Crippen molar-refractivity contribution in [2.75, 3.05) is 11.4 Å². The van der Waals surface area contributed by atoms with E-state index in [0.29, 0.717) is 18.7 Å². The molecule has 2 aromatic rings. The highest BCUT2D eigenvalue weighted by molar-refractivity contribution is 5.67. The van der Waals surface area contributed by atoms with Crippen LogP contribution in [0.2, 0.25) is 0 Å². The van der Waals surface area contributed by atoms with Gasteiger partial charge in [-0.15, -0.1) is 0 Å². The molecule has 0 aliphatic rings. The normalized spacial score (nSPS) is 12.2. The minimum atomic E-state index is -0.535. The molecule has 106 valence electrons. The van der Waals surface area contributed by atoms with Gasteiger partial charge in [0.1, 0.15) is 5.82 Å². The fourth-order valence-electron chi connectivity index (χ4n) is 2.38. The van der Waals surface area contributed by atoms with Gasteiger partial charge in [-0.3, -0.25) is 0 Å².